The molecule has 0 bridgehead atoms. The molecule has 8 heteroatoms. The Morgan fingerprint density at radius 2 is 2.07 bits per heavy atom. The van der Waals surface area contributed by atoms with Gasteiger partial charge in [-0.3, -0.25) is 0 Å². The molecule has 1 rings (SSSR count). The first-order valence-corrected chi connectivity index (χ1v) is 4.61. The average molecular weight is 337 g/mol. The van der Waals surface area contributed by atoms with E-state index in [9.17, 15) is 22.7 Å². The number of nitrogens with zero attached hydrogens (tertiary/aromatic N) is 1. The van der Waals surface area contributed by atoms with Crippen LogP contribution in [0.25, 0.3) is 0 Å². The molecule has 84 valence electrons. The van der Waals surface area contributed by atoms with Crippen molar-refractivity contribution in [1.29, 1.82) is 0 Å². The van der Waals surface area contributed by atoms with Crippen LogP contribution in [0.2, 0.25) is 0 Å². The van der Waals surface area contributed by atoms with Crippen molar-refractivity contribution in [2.45, 2.75) is 13.0 Å². The topological polar surface area (TPSA) is 42.4 Å². The first-order chi connectivity index (χ1) is 6.85. The number of halogens is 5. The van der Waals surface area contributed by atoms with Crippen LogP contribution in [0.3, 0.4) is 0 Å². The molecule has 0 atom stereocenters. The van der Waals surface area contributed by atoms with E-state index in [1.807, 2.05) is 0 Å². The Morgan fingerprint density at radius 1 is 1.47 bits per heavy atom. The van der Waals surface area contributed by atoms with E-state index in [2.05, 4.69) is 9.72 Å². The summed E-state index contributed by atoms with van der Waals surface area (Å²) in [5.41, 5.74) is 0.00243. The molecule has 0 radical (unpaired) electrons. The van der Waals surface area contributed by atoms with E-state index < -0.39 is 24.7 Å². The number of rotatable bonds is 2. The second kappa shape index (κ2) is 4.37. The van der Waals surface area contributed by atoms with Crippen molar-refractivity contribution in [2.24, 2.45) is 0 Å². The van der Waals surface area contributed by atoms with Crippen molar-refractivity contribution in [3.05, 3.63) is 15.3 Å². The van der Waals surface area contributed by atoms with Gasteiger partial charge < -0.3 is 9.84 Å². The summed E-state index contributed by atoms with van der Waals surface area (Å²) in [5, 5.41) is 9.21. The zero-order valence-corrected chi connectivity index (χ0v) is 9.13. The molecule has 15 heavy (non-hydrogen) atoms. The van der Waals surface area contributed by atoms with Gasteiger partial charge in [-0.05, 0) is 22.6 Å². The molecule has 0 saturated heterocycles. The monoisotopic (exact) mass is 337 g/mol. The van der Waals surface area contributed by atoms with Gasteiger partial charge in [0.05, 0.1) is 3.57 Å². The van der Waals surface area contributed by atoms with Crippen LogP contribution in [0, 0.1) is 3.57 Å². The quantitative estimate of drug-likeness (QED) is 0.667. The van der Waals surface area contributed by atoms with Crippen molar-refractivity contribution >= 4 is 22.6 Å². The normalized spacial score (nSPS) is 11.5. The van der Waals surface area contributed by atoms with Crippen molar-refractivity contribution in [3.63, 3.8) is 0 Å². The van der Waals surface area contributed by atoms with Gasteiger partial charge >= 0.3 is 6.36 Å². The first-order valence-electron chi connectivity index (χ1n) is 3.53. The summed E-state index contributed by atoms with van der Waals surface area (Å²) in [6.45, 7) is -0.925. The van der Waals surface area contributed by atoms with E-state index in [1.54, 1.807) is 0 Å². The minimum Gasteiger partial charge on any atom is -0.502 e. The average Bonchev–Trinajstić information content (AvgIpc) is 2.11. The fourth-order valence-corrected chi connectivity index (χ4v) is 1.29. The Morgan fingerprint density at radius 3 is 2.53 bits per heavy atom. The molecule has 1 N–H and O–H groups in total. The highest BCUT2D eigenvalue weighted by Gasteiger charge is 2.33. The summed E-state index contributed by atoms with van der Waals surface area (Å²) < 4.78 is 50.9. The molecule has 0 fully saturated rings. The van der Waals surface area contributed by atoms with E-state index in [4.69, 9.17) is 0 Å². The van der Waals surface area contributed by atoms with Crippen LogP contribution in [0.4, 0.5) is 17.6 Å². The number of hydrogen-bond donors (Lipinski definition) is 1. The summed E-state index contributed by atoms with van der Waals surface area (Å²) >= 11 is 1.50. The summed E-state index contributed by atoms with van der Waals surface area (Å²) in [6, 6.07) is 0. The maximum Gasteiger partial charge on any atom is 0.574 e. The van der Waals surface area contributed by atoms with Crippen LogP contribution in [-0.2, 0) is 6.67 Å². The van der Waals surface area contributed by atoms with Gasteiger partial charge in [0.1, 0.15) is 6.67 Å². The minimum atomic E-state index is -4.94. The van der Waals surface area contributed by atoms with Crippen molar-refractivity contribution in [3.8, 4) is 11.6 Å². The molecule has 3 nitrogen and oxygen atoms in total. The summed E-state index contributed by atoms with van der Waals surface area (Å²) in [5.74, 6) is -1.80. The fourth-order valence-electron chi connectivity index (χ4n) is 0.778. The van der Waals surface area contributed by atoms with Crippen LogP contribution >= 0.6 is 22.6 Å². The SMILES string of the molecule is Oc1c(OC(F)(F)F)ncc(CF)c1I. The predicted molar refractivity (Wildman–Crippen MR) is 50.1 cm³/mol. The Bertz CT molecular complexity index is 369. The third-order valence-corrected chi connectivity index (χ3v) is 2.59. The summed E-state index contributed by atoms with van der Waals surface area (Å²) in [6.07, 6.45) is -4.06. The Labute approximate surface area is 95.2 Å². The lowest BCUT2D eigenvalue weighted by molar-refractivity contribution is -0.276. The van der Waals surface area contributed by atoms with E-state index in [0.717, 1.165) is 6.20 Å². The highest BCUT2D eigenvalue weighted by atomic mass is 127. The first kappa shape index (κ1) is 12.3. The Kier molecular flexibility index (Phi) is 3.58. The van der Waals surface area contributed by atoms with Crippen LogP contribution in [-0.4, -0.2) is 16.5 Å². The molecule has 0 aromatic carbocycles. The zero-order valence-electron chi connectivity index (χ0n) is 6.98. The number of aromatic nitrogens is 1. The Hall–Kier alpha value is -0.800. The lowest BCUT2D eigenvalue weighted by atomic mass is 10.3. The standard InChI is InChI=1S/C7H4F4INO2/c8-1-3-2-13-6(5(14)4(3)12)15-7(9,10)11/h2,14H,1H2. The molecular formula is C7H4F4INO2. The van der Waals surface area contributed by atoms with Crippen molar-refractivity contribution in [1.82, 2.24) is 4.98 Å². The van der Waals surface area contributed by atoms with Crippen molar-refractivity contribution in [2.75, 3.05) is 0 Å². The highest BCUT2D eigenvalue weighted by molar-refractivity contribution is 14.1. The van der Waals surface area contributed by atoms with Crippen molar-refractivity contribution < 1.29 is 27.4 Å². The largest absolute Gasteiger partial charge is 0.574 e. The number of pyridine rings is 1. The van der Waals surface area contributed by atoms with E-state index >= 15 is 0 Å². The third-order valence-electron chi connectivity index (χ3n) is 1.39. The molecular weight excluding hydrogens is 333 g/mol. The lowest BCUT2D eigenvalue weighted by Crippen LogP contribution is -2.18. The second-order valence-electron chi connectivity index (χ2n) is 2.43. The zero-order chi connectivity index (χ0) is 11.6. The van der Waals surface area contributed by atoms with E-state index in [1.165, 1.54) is 22.6 Å². The predicted octanol–water partition coefficient (Wildman–Crippen LogP) is 2.76. The van der Waals surface area contributed by atoms with Gasteiger partial charge in [-0.25, -0.2) is 9.37 Å². The van der Waals surface area contributed by atoms with Crippen LogP contribution in [0.1, 0.15) is 5.56 Å². The lowest BCUT2D eigenvalue weighted by Gasteiger charge is -2.10. The van der Waals surface area contributed by atoms with Gasteiger partial charge in [-0.15, -0.1) is 13.2 Å². The second-order valence-corrected chi connectivity index (χ2v) is 3.51. The molecule has 1 heterocycles. The van der Waals surface area contributed by atoms with Gasteiger partial charge in [0.15, 0.2) is 5.75 Å². The highest BCUT2D eigenvalue weighted by Crippen LogP contribution is 2.34. The Balaban J connectivity index is 3.07. The third kappa shape index (κ3) is 3.08. The fraction of sp³-hybridized carbons (Fsp3) is 0.286. The minimum absolute atomic E-state index is 0.00243. The number of ether oxygens (including phenoxy) is 1. The maximum absolute atomic E-state index is 12.2. The van der Waals surface area contributed by atoms with Gasteiger partial charge in [0, 0.05) is 11.8 Å². The number of alkyl halides is 4. The van der Waals surface area contributed by atoms with Crippen LogP contribution in [0.15, 0.2) is 6.20 Å². The molecule has 1 aromatic rings. The van der Waals surface area contributed by atoms with Gasteiger partial charge in [-0.2, -0.15) is 0 Å². The van der Waals surface area contributed by atoms with Crippen LogP contribution < -0.4 is 4.74 Å². The molecule has 0 aliphatic heterocycles. The smallest absolute Gasteiger partial charge is 0.502 e. The van der Waals surface area contributed by atoms with Gasteiger partial charge in [0.2, 0.25) is 0 Å². The van der Waals surface area contributed by atoms with Crippen LogP contribution in [0.5, 0.6) is 11.6 Å². The molecule has 1 aromatic heterocycles. The number of aromatic hydroxyl groups is 1. The number of hydrogen-bond acceptors (Lipinski definition) is 3. The maximum atomic E-state index is 12.2. The summed E-state index contributed by atoms with van der Waals surface area (Å²) in [4.78, 5) is 3.16. The molecule has 0 aliphatic rings. The summed E-state index contributed by atoms with van der Waals surface area (Å²) in [7, 11) is 0. The van der Waals surface area contributed by atoms with Gasteiger partial charge in [-0.1, -0.05) is 0 Å². The molecule has 0 aliphatic carbocycles. The molecule has 0 unspecified atom stereocenters. The van der Waals surface area contributed by atoms with E-state index in [-0.39, 0.29) is 9.13 Å². The molecule has 0 amide bonds. The van der Waals surface area contributed by atoms with Gasteiger partial charge in [0.25, 0.3) is 5.88 Å². The van der Waals surface area contributed by atoms with E-state index in [0.29, 0.717) is 0 Å². The molecule has 0 saturated carbocycles. The molecule has 0 spiro atoms.